The average Bonchev–Trinajstić information content (AvgIpc) is 2.89. The Morgan fingerprint density at radius 3 is 2.50 bits per heavy atom. The molecule has 2 aromatic rings. The largest absolute Gasteiger partial charge is 0.457 e. The van der Waals surface area contributed by atoms with Gasteiger partial charge in [-0.05, 0) is 40.5 Å². The summed E-state index contributed by atoms with van der Waals surface area (Å²) in [6.07, 6.45) is 1.37. The van der Waals surface area contributed by atoms with Crippen molar-refractivity contribution in [1.29, 1.82) is 0 Å². The molecule has 0 bridgehead atoms. The molecule has 1 aromatic heterocycles. The first-order chi connectivity index (χ1) is 10.4. The summed E-state index contributed by atoms with van der Waals surface area (Å²) in [7, 11) is 0. The zero-order valence-electron chi connectivity index (χ0n) is 12.6. The SMILES string of the molecule is Cc1ccc(NC(=O)C(C)C)cc1NC(=O)c1coc(Br)c1. The third-order valence-electron chi connectivity index (χ3n) is 3.11. The van der Waals surface area contributed by atoms with Gasteiger partial charge in [-0.2, -0.15) is 0 Å². The van der Waals surface area contributed by atoms with Crippen molar-refractivity contribution < 1.29 is 14.0 Å². The number of carbonyl (C=O) groups excluding carboxylic acids is 2. The summed E-state index contributed by atoms with van der Waals surface area (Å²) in [5, 5.41) is 5.62. The van der Waals surface area contributed by atoms with E-state index in [0.29, 0.717) is 21.6 Å². The number of hydrogen-bond acceptors (Lipinski definition) is 3. The van der Waals surface area contributed by atoms with Crippen molar-refractivity contribution in [2.75, 3.05) is 10.6 Å². The number of anilines is 2. The van der Waals surface area contributed by atoms with E-state index in [1.54, 1.807) is 18.2 Å². The lowest BCUT2D eigenvalue weighted by atomic mass is 10.1. The van der Waals surface area contributed by atoms with Gasteiger partial charge < -0.3 is 15.1 Å². The highest BCUT2D eigenvalue weighted by Crippen LogP contribution is 2.22. The molecule has 0 saturated heterocycles. The van der Waals surface area contributed by atoms with Crippen LogP contribution in [0.1, 0.15) is 29.8 Å². The number of rotatable bonds is 4. The van der Waals surface area contributed by atoms with Gasteiger partial charge >= 0.3 is 0 Å². The van der Waals surface area contributed by atoms with Crippen LogP contribution in [0.5, 0.6) is 0 Å². The first-order valence-electron chi connectivity index (χ1n) is 6.83. The first kappa shape index (κ1) is 16.3. The predicted molar refractivity (Wildman–Crippen MR) is 89.0 cm³/mol. The van der Waals surface area contributed by atoms with Gasteiger partial charge in [0.15, 0.2) is 4.67 Å². The van der Waals surface area contributed by atoms with Crippen molar-refractivity contribution >= 4 is 39.1 Å². The number of benzene rings is 1. The number of furan rings is 1. The Bertz CT molecular complexity index is 707. The summed E-state index contributed by atoms with van der Waals surface area (Å²) in [6, 6.07) is 6.98. The minimum Gasteiger partial charge on any atom is -0.457 e. The van der Waals surface area contributed by atoms with Gasteiger partial charge in [-0.15, -0.1) is 0 Å². The second kappa shape index (κ2) is 6.79. The predicted octanol–water partition coefficient (Wildman–Crippen LogP) is 4.20. The Hall–Kier alpha value is -2.08. The molecule has 6 heteroatoms. The molecule has 2 rings (SSSR count). The van der Waals surface area contributed by atoms with Crippen molar-refractivity contribution in [1.82, 2.24) is 0 Å². The minimum absolute atomic E-state index is 0.0695. The molecule has 0 spiro atoms. The summed E-state index contributed by atoms with van der Waals surface area (Å²) in [5.41, 5.74) is 2.61. The Morgan fingerprint density at radius 1 is 1.18 bits per heavy atom. The molecule has 0 atom stereocenters. The van der Waals surface area contributed by atoms with Gasteiger partial charge in [0.1, 0.15) is 6.26 Å². The normalized spacial score (nSPS) is 10.6. The van der Waals surface area contributed by atoms with Crippen molar-refractivity contribution in [3.63, 3.8) is 0 Å². The summed E-state index contributed by atoms with van der Waals surface area (Å²) in [5.74, 6) is -0.451. The van der Waals surface area contributed by atoms with Crippen LogP contribution in [0.15, 0.2) is 39.6 Å². The molecular weight excluding hydrogens is 348 g/mol. The fourth-order valence-corrected chi connectivity index (χ4v) is 2.08. The molecule has 22 heavy (non-hydrogen) atoms. The van der Waals surface area contributed by atoms with E-state index in [0.717, 1.165) is 5.56 Å². The maximum atomic E-state index is 12.1. The van der Waals surface area contributed by atoms with Crippen molar-refractivity contribution in [2.24, 2.45) is 5.92 Å². The molecule has 2 N–H and O–H groups in total. The van der Waals surface area contributed by atoms with Crippen LogP contribution in [0.2, 0.25) is 0 Å². The Kier molecular flexibility index (Phi) is 5.03. The molecule has 0 fully saturated rings. The second-order valence-electron chi connectivity index (χ2n) is 5.27. The molecule has 1 aromatic carbocycles. The molecule has 0 radical (unpaired) electrons. The standard InChI is InChI=1S/C16H17BrN2O3/c1-9(2)15(20)18-12-5-4-10(3)13(7-12)19-16(21)11-6-14(17)22-8-11/h4-9H,1-3H3,(H,18,20)(H,19,21). The third kappa shape index (κ3) is 3.98. The highest BCUT2D eigenvalue weighted by molar-refractivity contribution is 9.10. The fourth-order valence-electron chi connectivity index (χ4n) is 1.74. The van der Waals surface area contributed by atoms with E-state index in [1.165, 1.54) is 6.26 Å². The molecule has 1 heterocycles. The van der Waals surface area contributed by atoms with Crippen LogP contribution in [-0.4, -0.2) is 11.8 Å². The summed E-state index contributed by atoms with van der Waals surface area (Å²) in [6.45, 7) is 5.53. The number of aryl methyl sites for hydroxylation is 1. The van der Waals surface area contributed by atoms with Crippen LogP contribution < -0.4 is 10.6 Å². The number of amides is 2. The van der Waals surface area contributed by atoms with Crippen LogP contribution in [-0.2, 0) is 4.79 Å². The van der Waals surface area contributed by atoms with E-state index in [2.05, 4.69) is 26.6 Å². The van der Waals surface area contributed by atoms with E-state index < -0.39 is 0 Å². The minimum atomic E-state index is -0.273. The second-order valence-corrected chi connectivity index (χ2v) is 6.05. The van der Waals surface area contributed by atoms with Gasteiger partial charge in [0.2, 0.25) is 5.91 Å². The smallest absolute Gasteiger partial charge is 0.258 e. The fraction of sp³-hybridized carbons (Fsp3) is 0.250. The van der Waals surface area contributed by atoms with Crippen LogP contribution >= 0.6 is 15.9 Å². The Morgan fingerprint density at radius 2 is 1.91 bits per heavy atom. The summed E-state index contributed by atoms with van der Waals surface area (Å²) < 4.78 is 5.55. The lowest BCUT2D eigenvalue weighted by molar-refractivity contribution is -0.118. The van der Waals surface area contributed by atoms with E-state index in [4.69, 9.17) is 4.42 Å². The van der Waals surface area contributed by atoms with Crippen LogP contribution in [0.4, 0.5) is 11.4 Å². The van der Waals surface area contributed by atoms with Crippen LogP contribution in [0, 0.1) is 12.8 Å². The van der Waals surface area contributed by atoms with Gasteiger partial charge in [-0.25, -0.2) is 0 Å². The Balaban J connectivity index is 2.16. The van der Waals surface area contributed by atoms with E-state index in [1.807, 2.05) is 26.8 Å². The van der Waals surface area contributed by atoms with Gasteiger partial charge in [-0.3, -0.25) is 9.59 Å². The molecular formula is C16H17BrN2O3. The average molecular weight is 365 g/mol. The monoisotopic (exact) mass is 364 g/mol. The zero-order valence-corrected chi connectivity index (χ0v) is 14.2. The van der Waals surface area contributed by atoms with E-state index >= 15 is 0 Å². The van der Waals surface area contributed by atoms with Gasteiger partial charge in [0.05, 0.1) is 5.56 Å². The quantitative estimate of drug-likeness (QED) is 0.853. The van der Waals surface area contributed by atoms with E-state index in [-0.39, 0.29) is 17.7 Å². The number of carbonyl (C=O) groups is 2. The molecule has 5 nitrogen and oxygen atoms in total. The molecule has 0 saturated carbocycles. The molecule has 116 valence electrons. The maximum absolute atomic E-state index is 12.1. The molecule has 0 unspecified atom stereocenters. The topological polar surface area (TPSA) is 71.3 Å². The highest BCUT2D eigenvalue weighted by atomic mass is 79.9. The van der Waals surface area contributed by atoms with E-state index in [9.17, 15) is 9.59 Å². The lowest BCUT2D eigenvalue weighted by Gasteiger charge is -2.12. The molecule has 0 aliphatic carbocycles. The van der Waals surface area contributed by atoms with Crippen LogP contribution in [0.25, 0.3) is 0 Å². The number of nitrogens with one attached hydrogen (secondary N) is 2. The number of hydrogen-bond donors (Lipinski definition) is 2. The third-order valence-corrected chi connectivity index (χ3v) is 3.52. The van der Waals surface area contributed by atoms with Crippen molar-refractivity contribution in [2.45, 2.75) is 20.8 Å². The van der Waals surface area contributed by atoms with Gasteiger partial charge in [0.25, 0.3) is 5.91 Å². The summed E-state index contributed by atoms with van der Waals surface area (Å²) in [4.78, 5) is 23.9. The number of halogens is 1. The first-order valence-corrected chi connectivity index (χ1v) is 7.63. The van der Waals surface area contributed by atoms with Gasteiger partial charge in [0, 0.05) is 23.4 Å². The van der Waals surface area contributed by atoms with Crippen molar-refractivity contribution in [3.05, 3.63) is 46.3 Å². The zero-order chi connectivity index (χ0) is 16.3. The van der Waals surface area contributed by atoms with Gasteiger partial charge in [-0.1, -0.05) is 19.9 Å². The molecule has 2 amide bonds. The highest BCUT2D eigenvalue weighted by Gasteiger charge is 2.12. The van der Waals surface area contributed by atoms with Crippen molar-refractivity contribution in [3.8, 4) is 0 Å². The molecule has 0 aliphatic heterocycles. The Labute approximate surface area is 137 Å². The van der Waals surface area contributed by atoms with Crippen LogP contribution in [0.3, 0.4) is 0 Å². The lowest BCUT2D eigenvalue weighted by Crippen LogP contribution is -2.18. The maximum Gasteiger partial charge on any atom is 0.258 e. The molecule has 0 aliphatic rings. The summed E-state index contributed by atoms with van der Waals surface area (Å²) >= 11 is 3.16.